The van der Waals surface area contributed by atoms with Gasteiger partial charge in [0.2, 0.25) is 0 Å². The van der Waals surface area contributed by atoms with Crippen LogP contribution in [0.25, 0.3) is 0 Å². The van der Waals surface area contributed by atoms with Crippen molar-refractivity contribution < 1.29 is 14.3 Å². The zero-order valence-corrected chi connectivity index (χ0v) is 8.87. The van der Waals surface area contributed by atoms with Crippen LogP contribution in [0.1, 0.15) is 0 Å². The molecule has 0 spiro atoms. The molecule has 0 atom stereocenters. The molecule has 0 saturated carbocycles. The molecule has 1 aromatic carbocycles. The van der Waals surface area contributed by atoms with Crippen LogP contribution in [-0.2, 0) is 9.53 Å². The molecule has 80 valence electrons. The summed E-state index contributed by atoms with van der Waals surface area (Å²) in [5.41, 5.74) is 0. The van der Waals surface area contributed by atoms with Gasteiger partial charge in [-0.1, -0.05) is 18.2 Å². The molecule has 1 aromatic rings. The van der Waals surface area contributed by atoms with Crippen molar-refractivity contribution in [1.29, 1.82) is 0 Å². The van der Waals surface area contributed by atoms with Gasteiger partial charge in [-0.2, -0.15) is 0 Å². The topological polar surface area (TPSA) is 35.5 Å². The number of hydrogen-bond acceptors (Lipinski definition) is 3. The molecular formula is C11H11ClO3. The first-order valence-corrected chi connectivity index (χ1v) is 4.77. The lowest BCUT2D eigenvalue weighted by Crippen LogP contribution is -2.09. The summed E-state index contributed by atoms with van der Waals surface area (Å²) in [6, 6.07) is 6.95. The maximum Gasteiger partial charge on any atom is 0.330 e. The molecule has 0 aromatic heterocycles. The number of rotatable bonds is 5. The summed E-state index contributed by atoms with van der Waals surface area (Å²) in [5, 5.41) is 0.653. The Morgan fingerprint density at radius 1 is 1.33 bits per heavy atom. The number of benzene rings is 1. The molecule has 0 bridgehead atoms. The molecule has 3 nitrogen and oxygen atoms in total. The summed E-state index contributed by atoms with van der Waals surface area (Å²) in [6.45, 7) is 3.79. The normalized spacial score (nSPS) is 9.40. The van der Waals surface area contributed by atoms with Gasteiger partial charge < -0.3 is 9.47 Å². The van der Waals surface area contributed by atoms with Crippen LogP contribution in [0.5, 0.6) is 5.75 Å². The molecule has 0 N–H and O–H groups in total. The average molecular weight is 227 g/mol. The van der Waals surface area contributed by atoms with Crippen LogP contribution in [0.2, 0.25) is 5.02 Å². The van der Waals surface area contributed by atoms with E-state index in [1.807, 2.05) is 0 Å². The smallest absolute Gasteiger partial charge is 0.330 e. The zero-order chi connectivity index (χ0) is 11.1. The number of carbonyl (C=O) groups excluding carboxylic acids is 1. The summed E-state index contributed by atoms with van der Waals surface area (Å²) >= 11 is 5.70. The van der Waals surface area contributed by atoms with E-state index in [0.29, 0.717) is 17.4 Å². The highest BCUT2D eigenvalue weighted by Gasteiger charge is 1.96. The van der Waals surface area contributed by atoms with Crippen molar-refractivity contribution in [3.8, 4) is 5.75 Å². The lowest BCUT2D eigenvalue weighted by Gasteiger charge is -2.05. The van der Waals surface area contributed by atoms with Crippen LogP contribution >= 0.6 is 11.6 Å². The van der Waals surface area contributed by atoms with E-state index in [0.717, 1.165) is 6.08 Å². The van der Waals surface area contributed by atoms with Crippen molar-refractivity contribution in [2.75, 3.05) is 13.2 Å². The molecule has 1 rings (SSSR count). The molecular weight excluding hydrogens is 216 g/mol. The fourth-order valence-corrected chi connectivity index (χ4v) is 1.02. The molecule has 0 radical (unpaired) electrons. The highest BCUT2D eigenvalue weighted by molar-refractivity contribution is 6.30. The van der Waals surface area contributed by atoms with E-state index >= 15 is 0 Å². The third-order valence-corrected chi connectivity index (χ3v) is 1.83. The minimum Gasteiger partial charge on any atom is -0.490 e. The fourth-order valence-electron chi connectivity index (χ4n) is 0.892. The molecule has 0 aliphatic heterocycles. The van der Waals surface area contributed by atoms with E-state index in [2.05, 4.69) is 6.58 Å². The third kappa shape index (κ3) is 4.51. The second kappa shape index (κ2) is 6.09. The first kappa shape index (κ1) is 11.6. The van der Waals surface area contributed by atoms with Crippen molar-refractivity contribution in [2.24, 2.45) is 0 Å². The van der Waals surface area contributed by atoms with Crippen molar-refractivity contribution in [1.82, 2.24) is 0 Å². The number of carbonyl (C=O) groups is 1. The number of hydrogen-bond donors (Lipinski definition) is 0. The second-order valence-electron chi connectivity index (χ2n) is 2.67. The fraction of sp³-hybridized carbons (Fsp3) is 0.182. The number of halogens is 1. The highest BCUT2D eigenvalue weighted by Crippen LogP contribution is 2.15. The highest BCUT2D eigenvalue weighted by atomic mass is 35.5. The minimum atomic E-state index is -0.449. The van der Waals surface area contributed by atoms with Gasteiger partial charge in [-0.05, 0) is 24.3 Å². The van der Waals surface area contributed by atoms with E-state index in [9.17, 15) is 4.79 Å². The van der Waals surface area contributed by atoms with Gasteiger partial charge >= 0.3 is 5.97 Å². The predicted molar refractivity (Wildman–Crippen MR) is 58.1 cm³/mol. The lowest BCUT2D eigenvalue weighted by atomic mass is 10.3. The Morgan fingerprint density at radius 2 is 2.00 bits per heavy atom. The van der Waals surface area contributed by atoms with E-state index in [-0.39, 0.29) is 6.61 Å². The molecule has 0 heterocycles. The van der Waals surface area contributed by atoms with Gasteiger partial charge in [-0.15, -0.1) is 0 Å². The van der Waals surface area contributed by atoms with Crippen molar-refractivity contribution in [3.63, 3.8) is 0 Å². The van der Waals surface area contributed by atoms with Crippen LogP contribution in [-0.4, -0.2) is 19.2 Å². The minimum absolute atomic E-state index is 0.202. The van der Waals surface area contributed by atoms with Gasteiger partial charge in [0.1, 0.15) is 19.0 Å². The van der Waals surface area contributed by atoms with E-state index in [1.165, 1.54) is 0 Å². The Labute approximate surface area is 93.3 Å². The van der Waals surface area contributed by atoms with Crippen LogP contribution in [0.15, 0.2) is 36.9 Å². The molecule has 0 unspecified atom stereocenters. The van der Waals surface area contributed by atoms with Gasteiger partial charge in [0, 0.05) is 11.1 Å². The zero-order valence-electron chi connectivity index (χ0n) is 8.11. The maximum atomic E-state index is 10.7. The van der Waals surface area contributed by atoms with E-state index in [1.54, 1.807) is 24.3 Å². The quantitative estimate of drug-likeness (QED) is 0.440. The number of ether oxygens (including phenoxy) is 2. The average Bonchev–Trinajstić information content (AvgIpc) is 2.26. The van der Waals surface area contributed by atoms with Crippen molar-refractivity contribution in [3.05, 3.63) is 41.9 Å². The van der Waals surface area contributed by atoms with Gasteiger partial charge in [0.25, 0.3) is 0 Å². The summed E-state index contributed by atoms with van der Waals surface area (Å²) in [5.74, 6) is 0.240. The summed E-state index contributed by atoms with van der Waals surface area (Å²) < 4.78 is 10.0. The number of esters is 1. The summed E-state index contributed by atoms with van der Waals surface area (Å²) in [4.78, 5) is 10.7. The van der Waals surface area contributed by atoms with Gasteiger partial charge in [-0.25, -0.2) is 4.79 Å². The third-order valence-electron chi connectivity index (χ3n) is 1.58. The Balaban J connectivity index is 2.23. The Bertz CT molecular complexity index is 332. The largest absolute Gasteiger partial charge is 0.490 e. The standard InChI is InChI=1S/C11H11ClO3/c1-2-11(13)15-8-7-14-10-5-3-9(12)4-6-10/h2-6H,1,7-8H2. The van der Waals surface area contributed by atoms with Gasteiger partial charge in [-0.3, -0.25) is 0 Å². The summed E-state index contributed by atoms with van der Waals surface area (Å²) in [6.07, 6.45) is 1.11. The van der Waals surface area contributed by atoms with Crippen LogP contribution < -0.4 is 4.74 Å². The molecule has 0 fully saturated rings. The monoisotopic (exact) mass is 226 g/mol. The first-order chi connectivity index (χ1) is 7.22. The molecule has 4 heteroatoms. The first-order valence-electron chi connectivity index (χ1n) is 4.40. The SMILES string of the molecule is C=CC(=O)OCCOc1ccc(Cl)cc1. The molecule has 0 aliphatic rings. The molecule has 15 heavy (non-hydrogen) atoms. The summed E-state index contributed by atoms with van der Waals surface area (Å²) in [7, 11) is 0. The second-order valence-corrected chi connectivity index (χ2v) is 3.11. The molecule has 0 amide bonds. The Hall–Kier alpha value is -1.48. The van der Waals surface area contributed by atoms with Crippen LogP contribution in [0.3, 0.4) is 0 Å². The maximum absolute atomic E-state index is 10.7. The van der Waals surface area contributed by atoms with Gasteiger partial charge in [0.05, 0.1) is 0 Å². The van der Waals surface area contributed by atoms with Gasteiger partial charge in [0.15, 0.2) is 0 Å². The van der Waals surface area contributed by atoms with E-state index in [4.69, 9.17) is 21.1 Å². The lowest BCUT2D eigenvalue weighted by molar-refractivity contribution is -0.138. The molecule has 0 saturated heterocycles. The Kier molecular flexibility index (Phi) is 4.71. The Morgan fingerprint density at radius 3 is 2.60 bits per heavy atom. The van der Waals surface area contributed by atoms with Crippen molar-refractivity contribution in [2.45, 2.75) is 0 Å². The van der Waals surface area contributed by atoms with Crippen LogP contribution in [0.4, 0.5) is 0 Å². The van der Waals surface area contributed by atoms with Crippen LogP contribution in [0, 0.1) is 0 Å². The van der Waals surface area contributed by atoms with Crippen molar-refractivity contribution >= 4 is 17.6 Å². The molecule has 0 aliphatic carbocycles. The predicted octanol–water partition coefficient (Wildman–Crippen LogP) is 2.45. The van der Waals surface area contributed by atoms with E-state index < -0.39 is 5.97 Å².